The van der Waals surface area contributed by atoms with E-state index in [1.54, 1.807) is 24.2 Å². The first-order chi connectivity index (χ1) is 17.6. The molecule has 186 valence electrons. The number of ether oxygens (including phenoxy) is 2. The van der Waals surface area contributed by atoms with Crippen molar-refractivity contribution >= 4 is 22.9 Å². The Bertz CT molecular complexity index is 1340. The fourth-order valence-corrected chi connectivity index (χ4v) is 4.95. The number of carbonyl (C=O) groups excluding carboxylic acids is 1. The summed E-state index contributed by atoms with van der Waals surface area (Å²) in [6, 6.07) is 7.72. The van der Waals surface area contributed by atoms with Crippen LogP contribution in [0.25, 0.3) is 21.8 Å². The first-order valence-corrected chi connectivity index (χ1v) is 12.9. The van der Waals surface area contributed by atoms with Crippen molar-refractivity contribution < 1.29 is 14.3 Å². The molecule has 0 bridgehead atoms. The topological polar surface area (TPSA) is 91.2 Å². The third-order valence-corrected chi connectivity index (χ3v) is 7.29. The van der Waals surface area contributed by atoms with E-state index < -0.39 is 0 Å². The quantitative estimate of drug-likeness (QED) is 0.313. The van der Waals surface area contributed by atoms with E-state index in [-0.39, 0.29) is 5.91 Å². The zero-order valence-corrected chi connectivity index (χ0v) is 21.3. The Balaban J connectivity index is 1.25. The van der Waals surface area contributed by atoms with Crippen molar-refractivity contribution in [2.75, 3.05) is 19.0 Å². The molecule has 8 nitrogen and oxygen atoms in total. The van der Waals surface area contributed by atoms with Gasteiger partial charge in [-0.2, -0.15) is 5.10 Å². The lowest BCUT2D eigenvalue weighted by Gasteiger charge is -2.24. The van der Waals surface area contributed by atoms with E-state index in [0.717, 1.165) is 52.3 Å². The minimum atomic E-state index is 0.0822. The summed E-state index contributed by atoms with van der Waals surface area (Å²) in [6.45, 7) is 0.522. The number of anilines is 1. The summed E-state index contributed by atoms with van der Waals surface area (Å²) in [4.78, 5) is 22.4. The Kier molecular flexibility index (Phi) is 7.27. The molecule has 3 heterocycles. The highest BCUT2D eigenvalue weighted by Crippen LogP contribution is 2.34. The van der Waals surface area contributed by atoms with Crippen LogP contribution in [-0.2, 0) is 18.3 Å². The average molecular weight is 504 g/mol. The zero-order chi connectivity index (χ0) is 24.9. The molecule has 1 amide bonds. The van der Waals surface area contributed by atoms with Gasteiger partial charge in [-0.1, -0.05) is 6.42 Å². The minimum Gasteiger partial charge on any atom is -0.493 e. The number of aryl methyl sites for hydroxylation is 1. The van der Waals surface area contributed by atoms with Crippen molar-refractivity contribution in [1.29, 1.82) is 0 Å². The molecule has 0 saturated heterocycles. The van der Waals surface area contributed by atoms with Gasteiger partial charge < -0.3 is 14.8 Å². The van der Waals surface area contributed by atoms with Gasteiger partial charge in [-0.25, -0.2) is 4.98 Å². The molecule has 1 fully saturated rings. The molecule has 3 aromatic heterocycles. The molecular weight excluding hydrogens is 474 g/mol. The van der Waals surface area contributed by atoms with Crippen LogP contribution >= 0.6 is 11.3 Å². The Morgan fingerprint density at radius 1 is 1.17 bits per heavy atom. The van der Waals surface area contributed by atoms with E-state index in [2.05, 4.69) is 15.4 Å². The lowest BCUT2D eigenvalue weighted by atomic mass is 9.83. The van der Waals surface area contributed by atoms with Crippen LogP contribution in [0.3, 0.4) is 0 Å². The summed E-state index contributed by atoms with van der Waals surface area (Å²) >= 11 is 1.54. The molecule has 1 N–H and O–H groups in total. The van der Waals surface area contributed by atoms with Crippen LogP contribution in [0.1, 0.15) is 31.2 Å². The van der Waals surface area contributed by atoms with Gasteiger partial charge in [0.25, 0.3) is 0 Å². The van der Waals surface area contributed by atoms with Crippen LogP contribution in [-0.4, -0.2) is 39.4 Å². The Morgan fingerprint density at radius 3 is 2.78 bits per heavy atom. The molecule has 1 aliphatic rings. The smallest absolute Gasteiger partial charge is 0.224 e. The third kappa shape index (κ3) is 5.73. The van der Waals surface area contributed by atoms with Gasteiger partial charge in [-0.3, -0.25) is 14.5 Å². The summed E-state index contributed by atoms with van der Waals surface area (Å²) < 4.78 is 13.3. The predicted molar refractivity (Wildman–Crippen MR) is 140 cm³/mol. The predicted octanol–water partition coefficient (Wildman–Crippen LogP) is 5.36. The molecule has 9 heteroatoms. The Labute approximate surface area is 214 Å². The van der Waals surface area contributed by atoms with Crippen molar-refractivity contribution in [3.8, 4) is 33.3 Å². The van der Waals surface area contributed by atoms with Gasteiger partial charge in [0.15, 0.2) is 11.5 Å². The van der Waals surface area contributed by atoms with Crippen LogP contribution < -0.4 is 14.8 Å². The maximum absolute atomic E-state index is 12.3. The number of carbonyl (C=O) groups is 1. The standard InChI is InChI=1S/C27H29N5O3S/c1-32-16-19(13-29-32)8-9-35-24-7-6-20(11-25(24)34-2)22-14-28-15-23(31-22)26-12-21(17-36-26)30-27(33)10-18-4-3-5-18/h6-7,11-18H,3-5,8-10H2,1-2H3,(H,30,33). The number of rotatable bonds is 10. The maximum Gasteiger partial charge on any atom is 0.224 e. The van der Waals surface area contributed by atoms with Gasteiger partial charge in [0.05, 0.1) is 54.3 Å². The molecule has 0 radical (unpaired) electrons. The minimum absolute atomic E-state index is 0.0822. The fraction of sp³-hybridized carbons (Fsp3) is 0.333. The van der Waals surface area contributed by atoms with Crippen LogP contribution in [0, 0.1) is 5.92 Å². The van der Waals surface area contributed by atoms with E-state index in [9.17, 15) is 4.79 Å². The van der Waals surface area contributed by atoms with Crippen LogP contribution in [0.2, 0.25) is 0 Å². The van der Waals surface area contributed by atoms with Gasteiger partial charge in [-0.05, 0) is 48.6 Å². The number of methoxy groups -OCH3 is 1. The van der Waals surface area contributed by atoms with Crippen LogP contribution in [0.5, 0.6) is 11.5 Å². The lowest BCUT2D eigenvalue weighted by Crippen LogP contribution is -2.20. The molecule has 4 aromatic rings. The van der Waals surface area contributed by atoms with Crippen molar-refractivity contribution in [1.82, 2.24) is 19.7 Å². The number of benzene rings is 1. The number of hydrogen-bond acceptors (Lipinski definition) is 7. The molecule has 36 heavy (non-hydrogen) atoms. The second-order valence-electron chi connectivity index (χ2n) is 9.02. The number of hydrogen-bond donors (Lipinski definition) is 1. The Morgan fingerprint density at radius 2 is 2.03 bits per heavy atom. The van der Waals surface area contributed by atoms with Gasteiger partial charge in [-0.15, -0.1) is 11.3 Å². The van der Waals surface area contributed by atoms with E-state index in [1.807, 2.05) is 49.1 Å². The number of nitrogens with one attached hydrogen (secondary N) is 1. The monoisotopic (exact) mass is 503 g/mol. The normalized spacial score (nSPS) is 13.3. The highest BCUT2D eigenvalue weighted by Gasteiger charge is 2.21. The molecule has 5 rings (SSSR count). The van der Waals surface area contributed by atoms with Crippen molar-refractivity contribution in [3.63, 3.8) is 0 Å². The molecular formula is C27H29N5O3S. The van der Waals surface area contributed by atoms with Gasteiger partial charge in [0, 0.05) is 37.0 Å². The van der Waals surface area contributed by atoms with Crippen molar-refractivity contribution in [2.45, 2.75) is 32.1 Å². The van der Waals surface area contributed by atoms with Gasteiger partial charge in [0.1, 0.15) is 0 Å². The second kappa shape index (κ2) is 10.9. The molecule has 0 unspecified atom stereocenters. The summed E-state index contributed by atoms with van der Waals surface area (Å²) in [5.41, 5.74) is 4.30. The SMILES string of the molecule is COc1cc(-c2cncc(-c3cc(NC(=O)CC4CCC4)cs3)n2)ccc1OCCc1cnn(C)c1. The van der Waals surface area contributed by atoms with E-state index in [4.69, 9.17) is 14.5 Å². The Hall–Kier alpha value is -3.72. The number of thiophene rings is 1. The molecule has 1 saturated carbocycles. The summed E-state index contributed by atoms with van der Waals surface area (Å²) in [5, 5.41) is 9.15. The molecule has 0 spiro atoms. The number of aromatic nitrogens is 4. The van der Waals surface area contributed by atoms with Gasteiger partial charge in [0.2, 0.25) is 5.91 Å². The summed E-state index contributed by atoms with van der Waals surface area (Å²) in [7, 11) is 3.53. The van der Waals surface area contributed by atoms with E-state index >= 15 is 0 Å². The second-order valence-corrected chi connectivity index (χ2v) is 9.94. The molecule has 0 aliphatic heterocycles. The van der Waals surface area contributed by atoms with Gasteiger partial charge >= 0.3 is 0 Å². The number of nitrogens with zero attached hydrogens (tertiary/aromatic N) is 4. The maximum atomic E-state index is 12.3. The summed E-state index contributed by atoms with van der Waals surface area (Å²) in [6.07, 6.45) is 12.2. The summed E-state index contributed by atoms with van der Waals surface area (Å²) in [5.74, 6) is 1.94. The average Bonchev–Trinajstić information content (AvgIpc) is 3.50. The van der Waals surface area contributed by atoms with E-state index in [0.29, 0.717) is 30.4 Å². The zero-order valence-electron chi connectivity index (χ0n) is 20.4. The molecule has 1 aliphatic carbocycles. The highest BCUT2D eigenvalue weighted by molar-refractivity contribution is 7.14. The van der Waals surface area contributed by atoms with Crippen LogP contribution in [0.15, 0.2) is 54.4 Å². The van der Waals surface area contributed by atoms with Crippen LogP contribution in [0.4, 0.5) is 5.69 Å². The van der Waals surface area contributed by atoms with Crippen molar-refractivity contribution in [2.24, 2.45) is 13.0 Å². The third-order valence-electron chi connectivity index (χ3n) is 6.34. The number of amides is 1. The largest absolute Gasteiger partial charge is 0.493 e. The first-order valence-electron chi connectivity index (χ1n) is 12.1. The first kappa shape index (κ1) is 24.0. The molecule has 0 atom stereocenters. The van der Waals surface area contributed by atoms with Crippen molar-refractivity contribution in [3.05, 3.63) is 60.0 Å². The fourth-order valence-electron chi connectivity index (χ4n) is 4.16. The highest BCUT2D eigenvalue weighted by atomic mass is 32.1. The molecule has 1 aromatic carbocycles. The van der Waals surface area contributed by atoms with E-state index in [1.165, 1.54) is 17.8 Å². The lowest BCUT2D eigenvalue weighted by molar-refractivity contribution is -0.117.